The van der Waals surface area contributed by atoms with Crippen LogP contribution in [-0.4, -0.2) is 5.91 Å². The Morgan fingerprint density at radius 2 is 1.81 bits per heavy atom. The van der Waals surface area contributed by atoms with Crippen molar-refractivity contribution in [1.29, 1.82) is 0 Å². The van der Waals surface area contributed by atoms with Crippen molar-refractivity contribution < 1.29 is 9.21 Å². The number of aryl methyl sites for hydroxylation is 3. The SMILES string of the molecule is Cc1ccc(-c2ccc(C=CC(=O)Nc3cc(C)c(I)cc3C)o2)cc1Cl. The molecule has 138 valence electrons. The van der Waals surface area contributed by atoms with E-state index in [2.05, 4.69) is 34.0 Å². The molecule has 0 saturated heterocycles. The molecule has 0 fully saturated rings. The molecule has 0 aliphatic heterocycles. The van der Waals surface area contributed by atoms with Crippen molar-refractivity contribution in [3.63, 3.8) is 0 Å². The highest BCUT2D eigenvalue weighted by atomic mass is 127. The first-order valence-electron chi connectivity index (χ1n) is 8.45. The van der Waals surface area contributed by atoms with E-state index < -0.39 is 0 Å². The lowest BCUT2D eigenvalue weighted by Gasteiger charge is -2.09. The largest absolute Gasteiger partial charge is 0.457 e. The molecule has 0 spiro atoms. The van der Waals surface area contributed by atoms with E-state index in [1.165, 1.54) is 9.65 Å². The van der Waals surface area contributed by atoms with Crippen LogP contribution in [0.2, 0.25) is 5.02 Å². The fourth-order valence-electron chi connectivity index (χ4n) is 2.59. The lowest BCUT2D eigenvalue weighted by molar-refractivity contribution is -0.111. The van der Waals surface area contributed by atoms with Gasteiger partial charge in [-0.1, -0.05) is 23.7 Å². The van der Waals surface area contributed by atoms with E-state index in [9.17, 15) is 4.79 Å². The number of furan rings is 1. The molecule has 5 heteroatoms. The number of anilines is 1. The number of nitrogens with one attached hydrogen (secondary N) is 1. The minimum atomic E-state index is -0.199. The predicted molar refractivity (Wildman–Crippen MR) is 120 cm³/mol. The topological polar surface area (TPSA) is 42.2 Å². The van der Waals surface area contributed by atoms with E-state index in [4.69, 9.17) is 16.0 Å². The number of carbonyl (C=O) groups is 1. The molecule has 1 aromatic heterocycles. The Labute approximate surface area is 177 Å². The number of halogens is 2. The Morgan fingerprint density at radius 3 is 2.56 bits per heavy atom. The summed E-state index contributed by atoms with van der Waals surface area (Å²) in [4.78, 5) is 12.2. The number of benzene rings is 2. The minimum absolute atomic E-state index is 0.199. The van der Waals surface area contributed by atoms with E-state index in [1.807, 2.05) is 57.2 Å². The molecule has 0 aliphatic carbocycles. The van der Waals surface area contributed by atoms with Crippen molar-refractivity contribution in [1.82, 2.24) is 0 Å². The van der Waals surface area contributed by atoms with Crippen LogP contribution in [0.1, 0.15) is 22.5 Å². The Bertz CT molecular complexity index is 1040. The van der Waals surface area contributed by atoms with Gasteiger partial charge in [0.15, 0.2) is 0 Å². The van der Waals surface area contributed by atoms with Crippen LogP contribution in [0.5, 0.6) is 0 Å². The van der Waals surface area contributed by atoms with E-state index in [-0.39, 0.29) is 5.91 Å². The number of hydrogen-bond acceptors (Lipinski definition) is 2. The lowest BCUT2D eigenvalue weighted by atomic mass is 10.1. The van der Waals surface area contributed by atoms with Gasteiger partial charge in [-0.05, 0) is 96.5 Å². The molecule has 0 atom stereocenters. The Hall–Kier alpha value is -2.05. The van der Waals surface area contributed by atoms with E-state index in [0.717, 1.165) is 27.9 Å². The average Bonchev–Trinajstić information content (AvgIpc) is 3.09. The maximum atomic E-state index is 12.2. The second-order valence-electron chi connectivity index (χ2n) is 6.40. The zero-order valence-corrected chi connectivity index (χ0v) is 18.2. The molecular weight excluding hydrogens is 473 g/mol. The van der Waals surface area contributed by atoms with Crippen molar-refractivity contribution >= 4 is 51.9 Å². The van der Waals surface area contributed by atoms with Gasteiger partial charge < -0.3 is 9.73 Å². The van der Waals surface area contributed by atoms with Crippen LogP contribution in [0.4, 0.5) is 5.69 Å². The molecule has 0 aliphatic rings. The highest BCUT2D eigenvalue weighted by molar-refractivity contribution is 14.1. The number of amides is 1. The minimum Gasteiger partial charge on any atom is -0.457 e. The van der Waals surface area contributed by atoms with Gasteiger partial charge in [0.2, 0.25) is 5.91 Å². The van der Waals surface area contributed by atoms with Crippen LogP contribution in [0.3, 0.4) is 0 Å². The second kappa shape index (κ2) is 8.31. The van der Waals surface area contributed by atoms with Gasteiger partial charge in [0.25, 0.3) is 0 Å². The molecule has 1 amide bonds. The Morgan fingerprint density at radius 1 is 1.04 bits per heavy atom. The summed E-state index contributed by atoms with van der Waals surface area (Å²) in [5, 5.41) is 3.61. The van der Waals surface area contributed by atoms with E-state index in [0.29, 0.717) is 16.5 Å². The van der Waals surface area contributed by atoms with Gasteiger partial charge in [-0.25, -0.2) is 0 Å². The van der Waals surface area contributed by atoms with Gasteiger partial charge >= 0.3 is 0 Å². The zero-order chi connectivity index (χ0) is 19.6. The first-order valence-corrected chi connectivity index (χ1v) is 9.91. The molecule has 1 heterocycles. The summed E-state index contributed by atoms with van der Waals surface area (Å²) < 4.78 is 6.98. The summed E-state index contributed by atoms with van der Waals surface area (Å²) in [7, 11) is 0. The van der Waals surface area contributed by atoms with Gasteiger partial charge in [0.1, 0.15) is 11.5 Å². The molecule has 1 N–H and O–H groups in total. The zero-order valence-electron chi connectivity index (χ0n) is 15.3. The molecule has 0 bridgehead atoms. The molecule has 0 radical (unpaired) electrons. The van der Waals surface area contributed by atoms with E-state index in [1.54, 1.807) is 6.08 Å². The first kappa shape index (κ1) is 19.7. The number of hydrogen-bond donors (Lipinski definition) is 1. The molecule has 0 unspecified atom stereocenters. The van der Waals surface area contributed by atoms with Gasteiger partial charge in [-0.3, -0.25) is 4.79 Å². The predicted octanol–water partition coefficient (Wildman–Crippen LogP) is 6.78. The fourth-order valence-corrected chi connectivity index (χ4v) is 3.39. The van der Waals surface area contributed by atoms with Gasteiger partial charge in [0.05, 0.1) is 0 Å². The van der Waals surface area contributed by atoms with Crippen LogP contribution in [0, 0.1) is 24.3 Å². The third-order valence-electron chi connectivity index (χ3n) is 4.25. The van der Waals surface area contributed by atoms with Crippen LogP contribution in [-0.2, 0) is 4.79 Å². The van der Waals surface area contributed by atoms with Crippen LogP contribution >= 0.6 is 34.2 Å². The van der Waals surface area contributed by atoms with Gasteiger partial charge in [-0.15, -0.1) is 0 Å². The maximum absolute atomic E-state index is 12.2. The highest BCUT2D eigenvalue weighted by Gasteiger charge is 2.07. The number of carbonyl (C=O) groups excluding carboxylic acids is 1. The summed E-state index contributed by atoms with van der Waals surface area (Å²) in [5.41, 5.74) is 4.90. The average molecular weight is 492 g/mol. The summed E-state index contributed by atoms with van der Waals surface area (Å²) in [6, 6.07) is 13.5. The van der Waals surface area contributed by atoms with E-state index >= 15 is 0 Å². The van der Waals surface area contributed by atoms with Crippen molar-refractivity contribution in [2.24, 2.45) is 0 Å². The smallest absolute Gasteiger partial charge is 0.248 e. The Balaban J connectivity index is 1.71. The first-order chi connectivity index (χ1) is 12.8. The van der Waals surface area contributed by atoms with Gasteiger partial charge in [0, 0.05) is 25.9 Å². The van der Waals surface area contributed by atoms with Crippen molar-refractivity contribution in [2.45, 2.75) is 20.8 Å². The molecule has 3 nitrogen and oxygen atoms in total. The monoisotopic (exact) mass is 491 g/mol. The standard InChI is InChI=1S/C22H19ClINO2/c1-13-4-5-16(12-18(13)23)21-8-6-17(27-21)7-9-22(26)25-20-11-14(2)19(24)10-15(20)3/h4-12H,1-3H3,(H,25,26). The highest BCUT2D eigenvalue weighted by Crippen LogP contribution is 2.27. The molecule has 27 heavy (non-hydrogen) atoms. The molecule has 2 aromatic carbocycles. The summed E-state index contributed by atoms with van der Waals surface area (Å²) in [5.74, 6) is 1.11. The molecule has 3 aromatic rings. The quantitative estimate of drug-likeness (QED) is 0.323. The molecular formula is C22H19ClINO2. The fraction of sp³-hybridized carbons (Fsp3) is 0.136. The van der Waals surface area contributed by atoms with Crippen molar-refractivity contribution in [3.8, 4) is 11.3 Å². The normalized spacial score (nSPS) is 11.1. The Kier molecular flexibility index (Phi) is 6.07. The van der Waals surface area contributed by atoms with Gasteiger partial charge in [-0.2, -0.15) is 0 Å². The van der Waals surface area contributed by atoms with Crippen molar-refractivity contribution in [3.05, 3.63) is 79.6 Å². The van der Waals surface area contributed by atoms with Crippen LogP contribution in [0.25, 0.3) is 17.4 Å². The lowest BCUT2D eigenvalue weighted by Crippen LogP contribution is -2.09. The number of rotatable bonds is 4. The second-order valence-corrected chi connectivity index (χ2v) is 7.97. The maximum Gasteiger partial charge on any atom is 0.248 e. The van der Waals surface area contributed by atoms with Crippen LogP contribution < -0.4 is 5.32 Å². The third-order valence-corrected chi connectivity index (χ3v) is 5.81. The van der Waals surface area contributed by atoms with Crippen LogP contribution in [0.15, 0.2) is 53.0 Å². The summed E-state index contributed by atoms with van der Waals surface area (Å²) >= 11 is 8.46. The van der Waals surface area contributed by atoms with Crippen molar-refractivity contribution in [2.75, 3.05) is 5.32 Å². The summed E-state index contributed by atoms with van der Waals surface area (Å²) in [6.45, 7) is 5.96. The molecule has 3 rings (SSSR count). The summed E-state index contributed by atoms with van der Waals surface area (Å²) in [6.07, 6.45) is 3.13. The third kappa shape index (κ3) is 4.82. The molecule has 0 saturated carbocycles.